The van der Waals surface area contributed by atoms with Crippen LogP contribution in [-0.2, 0) is 18.4 Å². The molecule has 0 rings (SSSR count). The summed E-state index contributed by atoms with van der Waals surface area (Å²) in [4.78, 5) is 24.9. The van der Waals surface area contributed by atoms with E-state index in [1.807, 2.05) is 27.2 Å². The second-order valence-electron chi connectivity index (χ2n) is 12.1. The van der Waals surface area contributed by atoms with Gasteiger partial charge in [0.05, 0.1) is 39.9 Å². The molecule has 1 amide bonds. The van der Waals surface area contributed by atoms with Crippen LogP contribution in [0.3, 0.4) is 0 Å². The number of quaternary nitrogens is 1. The highest BCUT2D eigenvalue weighted by molar-refractivity contribution is 7.45. The minimum atomic E-state index is -4.59. The van der Waals surface area contributed by atoms with E-state index in [1.54, 1.807) is 6.08 Å². The molecule has 0 aromatic heterocycles. The minimum absolute atomic E-state index is 0.0165. The fraction of sp³-hybridized carbons (Fsp3) is 0.639. The first-order valence-corrected chi connectivity index (χ1v) is 18.3. The predicted molar refractivity (Wildman–Crippen MR) is 187 cm³/mol. The number of carbonyl (C=O) groups is 1. The van der Waals surface area contributed by atoms with Crippen LogP contribution in [-0.4, -0.2) is 68.5 Å². The number of phosphoric acid groups is 1. The lowest BCUT2D eigenvalue weighted by atomic mass is 10.1. The average molecular weight is 651 g/mol. The zero-order chi connectivity index (χ0) is 33.7. The summed E-state index contributed by atoms with van der Waals surface area (Å²) in [6.45, 7) is 4.34. The molecule has 3 unspecified atom stereocenters. The Labute approximate surface area is 274 Å². The molecule has 0 aromatic carbocycles. The lowest BCUT2D eigenvalue weighted by Gasteiger charge is -2.29. The highest BCUT2D eigenvalue weighted by Gasteiger charge is 2.23. The van der Waals surface area contributed by atoms with Crippen molar-refractivity contribution < 1.29 is 32.9 Å². The van der Waals surface area contributed by atoms with Crippen LogP contribution in [0.4, 0.5) is 0 Å². The van der Waals surface area contributed by atoms with E-state index >= 15 is 0 Å². The number of unbranched alkanes of at least 4 members (excludes halogenated alkanes) is 5. The molecule has 2 N–H and O–H groups in total. The van der Waals surface area contributed by atoms with Crippen molar-refractivity contribution in [3.8, 4) is 0 Å². The Kier molecular flexibility index (Phi) is 26.9. The van der Waals surface area contributed by atoms with Crippen molar-refractivity contribution in [3.63, 3.8) is 0 Å². The van der Waals surface area contributed by atoms with E-state index in [2.05, 4.69) is 79.9 Å². The van der Waals surface area contributed by atoms with Crippen LogP contribution in [0.5, 0.6) is 0 Å². The summed E-state index contributed by atoms with van der Waals surface area (Å²) in [7, 11) is 1.20. The SMILES string of the molecule is CC/C=C\C/C=C\C/C=C\C/C=C\C/C=C\CCCC(=O)NC(COP(=O)([O-])OCC[N+](C)(C)C)C(O)/C=C/CCCCCC. The molecule has 3 atom stereocenters. The molecule has 8 nitrogen and oxygen atoms in total. The number of aliphatic hydroxyl groups is 1. The summed E-state index contributed by atoms with van der Waals surface area (Å²) >= 11 is 0. The quantitative estimate of drug-likeness (QED) is 0.0393. The summed E-state index contributed by atoms with van der Waals surface area (Å²) in [6, 6.07) is -0.914. The molecule has 0 aliphatic rings. The number of nitrogens with zero attached hydrogens (tertiary/aromatic N) is 1. The number of nitrogens with one attached hydrogen (secondary N) is 1. The van der Waals surface area contributed by atoms with Gasteiger partial charge in [-0.25, -0.2) is 0 Å². The third kappa shape index (κ3) is 30.4. The first kappa shape index (κ1) is 42.9. The molecule has 0 aliphatic heterocycles. The standard InChI is InChI=1S/C36H63N2O6P/c1-6-8-10-12-14-15-16-17-18-19-20-21-22-23-24-26-28-30-36(40)37-34(35(39)29-27-25-13-11-9-7-2)33-44-45(41,42)43-32-31-38(3,4)5/h8,10,14-15,17-18,20-21,23-24,27,29,34-35,39H,6-7,9,11-13,16,19,22,25-26,28,30-33H2,1-5H3,(H-,37,40,41,42)/b10-8-,15-14-,18-17-,21-20-,24-23-,29-27+. The molecular formula is C36H63N2O6P. The van der Waals surface area contributed by atoms with Gasteiger partial charge in [0.15, 0.2) is 0 Å². The molecule has 0 radical (unpaired) electrons. The molecule has 0 heterocycles. The van der Waals surface area contributed by atoms with Crippen LogP contribution in [0.25, 0.3) is 0 Å². The number of phosphoric ester groups is 1. The minimum Gasteiger partial charge on any atom is -0.756 e. The van der Waals surface area contributed by atoms with E-state index in [9.17, 15) is 19.4 Å². The van der Waals surface area contributed by atoms with Crippen LogP contribution in [0, 0.1) is 0 Å². The van der Waals surface area contributed by atoms with E-state index in [0.29, 0.717) is 17.4 Å². The number of rotatable bonds is 28. The van der Waals surface area contributed by atoms with Crippen molar-refractivity contribution in [3.05, 3.63) is 72.9 Å². The van der Waals surface area contributed by atoms with Crippen LogP contribution in [0.15, 0.2) is 72.9 Å². The second kappa shape index (κ2) is 28.2. The normalized spacial score (nSPS) is 15.8. The van der Waals surface area contributed by atoms with Crippen LogP contribution in [0.1, 0.15) is 97.3 Å². The molecule has 0 saturated carbocycles. The van der Waals surface area contributed by atoms with Gasteiger partial charge in [-0.05, 0) is 57.8 Å². The Morgan fingerprint density at radius 2 is 1.36 bits per heavy atom. The molecule has 45 heavy (non-hydrogen) atoms. The number of hydrogen-bond donors (Lipinski definition) is 2. The molecule has 0 saturated heterocycles. The highest BCUT2D eigenvalue weighted by atomic mass is 31.2. The summed E-state index contributed by atoms with van der Waals surface area (Å²) in [5.41, 5.74) is 0. The second-order valence-corrected chi connectivity index (χ2v) is 13.5. The smallest absolute Gasteiger partial charge is 0.268 e. The highest BCUT2D eigenvalue weighted by Crippen LogP contribution is 2.38. The Balaban J connectivity index is 4.59. The molecule has 0 fully saturated rings. The van der Waals surface area contributed by atoms with Crippen molar-refractivity contribution in [2.24, 2.45) is 0 Å². The van der Waals surface area contributed by atoms with E-state index in [-0.39, 0.29) is 18.9 Å². The fourth-order valence-corrected chi connectivity index (χ4v) is 4.67. The van der Waals surface area contributed by atoms with Gasteiger partial charge in [0.1, 0.15) is 13.2 Å². The van der Waals surface area contributed by atoms with Crippen molar-refractivity contribution in [1.82, 2.24) is 5.32 Å². The van der Waals surface area contributed by atoms with Crippen LogP contribution >= 0.6 is 7.82 Å². The van der Waals surface area contributed by atoms with Crippen molar-refractivity contribution in [1.29, 1.82) is 0 Å². The summed E-state index contributed by atoms with van der Waals surface area (Å²) in [6.07, 6.45) is 35.5. The first-order valence-electron chi connectivity index (χ1n) is 16.8. The van der Waals surface area contributed by atoms with Gasteiger partial charge in [-0.15, -0.1) is 0 Å². The maximum absolute atomic E-state index is 12.6. The number of allylic oxidation sites excluding steroid dienone is 11. The maximum atomic E-state index is 12.6. The largest absolute Gasteiger partial charge is 0.756 e. The lowest BCUT2D eigenvalue weighted by Crippen LogP contribution is -2.45. The zero-order valence-corrected chi connectivity index (χ0v) is 29.7. The van der Waals surface area contributed by atoms with Gasteiger partial charge in [-0.1, -0.05) is 106 Å². The number of amides is 1. The predicted octanol–water partition coefficient (Wildman–Crippen LogP) is 7.49. The molecule has 258 valence electrons. The molecule has 0 spiro atoms. The van der Waals surface area contributed by atoms with Crippen molar-refractivity contribution in [2.45, 2.75) is 109 Å². The summed E-state index contributed by atoms with van der Waals surface area (Å²) in [5.74, 6) is -0.266. The third-order valence-corrected chi connectivity index (χ3v) is 7.64. The molecule has 0 aromatic rings. The van der Waals surface area contributed by atoms with Gasteiger partial charge in [0.25, 0.3) is 7.82 Å². The van der Waals surface area contributed by atoms with E-state index in [0.717, 1.165) is 70.6 Å². The van der Waals surface area contributed by atoms with Gasteiger partial charge in [0.2, 0.25) is 5.91 Å². The Hall–Kier alpha value is -2.06. The molecule has 9 heteroatoms. The van der Waals surface area contributed by atoms with Gasteiger partial charge >= 0.3 is 0 Å². The number of aliphatic hydroxyl groups excluding tert-OH is 1. The van der Waals surface area contributed by atoms with Gasteiger partial charge in [-0.2, -0.15) is 0 Å². The van der Waals surface area contributed by atoms with E-state index < -0.39 is 26.6 Å². The summed E-state index contributed by atoms with van der Waals surface area (Å²) in [5, 5.41) is 13.5. The van der Waals surface area contributed by atoms with Crippen LogP contribution < -0.4 is 10.2 Å². The molecule has 0 aliphatic carbocycles. The maximum Gasteiger partial charge on any atom is 0.268 e. The summed E-state index contributed by atoms with van der Waals surface area (Å²) < 4.78 is 22.9. The third-order valence-electron chi connectivity index (χ3n) is 6.67. The van der Waals surface area contributed by atoms with E-state index in [4.69, 9.17) is 9.05 Å². The molecular weight excluding hydrogens is 587 g/mol. The Morgan fingerprint density at radius 3 is 1.91 bits per heavy atom. The monoisotopic (exact) mass is 650 g/mol. The molecule has 0 bridgehead atoms. The van der Waals surface area contributed by atoms with Crippen molar-refractivity contribution in [2.75, 3.05) is 40.9 Å². The topological polar surface area (TPSA) is 108 Å². The Morgan fingerprint density at radius 1 is 0.800 bits per heavy atom. The number of carbonyl (C=O) groups excluding carboxylic acids is 1. The van der Waals surface area contributed by atoms with Crippen LogP contribution in [0.2, 0.25) is 0 Å². The van der Waals surface area contributed by atoms with E-state index in [1.165, 1.54) is 0 Å². The zero-order valence-electron chi connectivity index (χ0n) is 28.8. The fourth-order valence-electron chi connectivity index (χ4n) is 3.95. The van der Waals surface area contributed by atoms with Crippen molar-refractivity contribution >= 4 is 13.7 Å². The average Bonchev–Trinajstić information content (AvgIpc) is 2.97. The number of likely N-dealkylation sites (N-methyl/N-ethyl adjacent to an activating group) is 1. The van der Waals surface area contributed by atoms with Gasteiger partial charge in [0, 0.05) is 6.42 Å². The number of hydrogen-bond acceptors (Lipinski definition) is 6. The van der Waals surface area contributed by atoms with Gasteiger partial charge in [-0.3, -0.25) is 9.36 Å². The first-order chi connectivity index (χ1) is 21.5. The van der Waals surface area contributed by atoms with Gasteiger partial charge < -0.3 is 28.8 Å². The Bertz CT molecular complexity index is 965. The lowest BCUT2D eigenvalue weighted by molar-refractivity contribution is -0.870.